The number of para-hydroxylation sites is 1. The van der Waals surface area contributed by atoms with Crippen LogP contribution < -0.4 is 9.47 Å². The first-order valence-corrected chi connectivity index (χ1v) is 6.65. The summed E-state index contributed by atoms with van der Waals surface area (Å²) < 4.78 is 10.8. The van der Waals surface area contributed by atoms with Crippen molar-refractivity contribution in [3.05, 3.63) is 54.7 Å². The Labute approximate surface area is 135 Å². The molecule has 0 saturated heterocycles. The summed E-state index contributed by atoms with van der Waals surface area (Å²) in [6.07, 6.45) is 1.81. The molecule has 1 heterocycles. The molecule has 0 aliphatic rings. The second-order valence-electron chi connectivity index (χ2n) is 4.55. The number of aromatic nitrogens is 2. The SMILES string of the molecule is COc1cccc(-c2cnc(-c3ccccc3)[nH]2)c1OC.Cl. The second kappa shape index (κ2) is 7.00. The van der Waals surface area contributed by atoms with E-state index < -0.39 is 0 Å². The van der Waals surface area contributed by atoms with Gasteiger partial charge in [-0.25, -0.2) is 4.98 Å². The molecule has 2 aromatic carbocycles. The molecular weight excluding hydrogens is 300 g/mol. The summed E-state index contributed by atoms with van der Waals surface area (Å²) >= 11 is 0. The van der Waals surface area contributed by atoms with Crippen molar-refractivity contribution in [2.75, 3.05) is 14.2 Å². The Balaban J connectivity index is 0.00000176. The van der Waals surface area contributed by atoms with Crippen LogP contribution in [-0.4, -0.2) is 24.2 Å². The Kier molecular flexibility index (Phi) is 5.07. The maximum Gasteiger partial charge on any atom is 0.170 e. The van der Waals surface area contributed by atoms with Crippen molar-refractivity contribution >= 4 is 12.4 Å². The molecule has 0 fully saturated rings. The minimum Gasteiger partial charge on any atom is -0.493 e. The highest BCUT2D eigenvalue weighted by molar-refractivity contribution is 5.85. The zero-order chi connectivity index (χ0) is 14.7. The number of nitrogens with zero attached hydrogens (tertiary/aromatic N) is 1. The van der Waals surface area contributed by atoms with Crippen molar-refractivity contribution in [1.29, 1.82) is 0 Å². The van der Waals surface area contributed by atoms with Crippen LogP contribution in [0.15, 0.2) is 54.7 Å². The number of H-pyrrole nitrogens is 1. The first-order chi connectivity index (χ1) is 10.3. The number of hydrogen-bond acceptors (Lipinski definition) is 3. The van der Waals surface area contributed by atoms with Gasteiger partial charge in [0.15, 0.2) is 11.5 Å². The molecule has 0 amide bonds. The number of ether oxygens (including phenoxy) is 2. The Morgan fingerprint density at radius 1 is 0.909 bits per heavy atom. The van der Waals surface area contributed by atoms with E-state index in [2.05, 4.69) is 9.97 Å². The zero-order valence-electron chi connectivity index (χ0n) is 12.4. The number of methoxy groups -OCH3 is 2. The molecule has 3 aromatic rings. The fourth-order valence-electron chi connectivity index (χ4n) is 2.30. The highest BCUT2D eigenvalue weighted by atomic mass is 35.5. The fourth-order valence-corrected chi connectivity index (χ4v) is 2.30. The molecule has 3 rings (SSSR count). The third-order valence-corrected chi connectivity index (χ3v) is 3.32. The second-order valence-corrected chi connectivity index (χ2v) is 4.55. The molecule has 0 bridgehead atoms. The van der Waals surface area contributed by atoms with Gasteiger partial charge in [-0.2, -0.15) is 0 Å². The average molecular weight is 317 g/mol. The lowest BCUT2D eigenvalue weighted by Gasteiger charge is -2.11. The number of benzene rings is 2. The Bertz CT molecular complexity index is 741. The van der Waals surface area contributed by atoms with Crippen molar-refractivity contribution in [2.24, 2.45) is 0 Å². The maximum absolute atomic E-state index is 5.46. The highest BCUT2D eigenvalue weighted by Gasteiger charge is 2.13. The minimum absolute atomic E-state index is 0. The molecule has 5 heteroatoms. The lowest BCUT2D eigenvalue weighted by Crippen LogP contribution is -1.93. The minimum atomic E-state index is 0. The summed E-state index contributed by atoms with van der Waals surface area (Å²) in [5.41, 5.74) is 2.86. The fraction of sp³-hybridized carbons (Fsp3) is 0.118. The van der Waals surface area contributed by atoms with Gasteiger partial charge in [0.1, 0.15) is 5.82 Å². The van der Waals surface area contributed by atoms with Gasteiger partial charge in [0.05, 0.1) is 26.1 Å². The van der Waals surface area contributed by atoms with E-state index in [1.165, 1.54) is 0 Å². The van der Waals surface area contributed by atoms with E-state index in [4.69, 9.17) is 9.47 Å². The van der Waals surface area contributed by atoms with Crippen LogP contribution in [-0.2, 0) is 0 Å². The van der Waals surface area contributed by atoms with Gasteiger partial charge in [-0.15, -0.1) is 12.4 Å². The van der Waals surface area contributed by atoms with E-state index in [-0.39, 0.29) is 12.4 Å². The molecule has 1 N–H and O–H groups in total. The van der Waals surface area contributed by atoms with Crippen molar-refractivity contribution in [2.45, 2.75) is 0 Å². The normalized spacial score (nSPS) is 9.91. The van der Waals surface area contributed by atoms with Gasteiger partial charge < -0.3 is 14.5 Å². The van der Waals surface area contributed by atoms with Crippen molar-refractivity contribution < 1.29 is 9.47 Å². The largest absolute Gasteiger partial charge is 0.493 e. The smallest absolute Gasteiger partial charge is 0.170 e. The van der Waals surface area contributed by atoms with Gasteiger partial charge in [0, 0.05) is 11.1 Å². The third kappa shape index (κ3) is 2.92. The van der Waals surface area contributed by atoms with Crippen LogP contribution >= 0.6 is 12.4 Å². The molecule has 0 unspecified atom stereocenters. The van der Waals surface area contributed by atoms with Gasteiger partial charge in [-0.1, -0.05) is 36.4 Å². The number of hydrogen-bond donors (Lipinski definition) is 1. The van der Waals surface area contributed by atoms with Gasteiger partial charge in [-0.3, -0.25) is 0 Å². The van der Waals surface area contributed by atoms with Gasteiger partial charge >= 0.3 is 0 Å². The number of halogens is 1. The molecule has 0 spiro atoms. The summed E-state index contributed by atoms with van der Waals surface area (Å²) in [7, 11) is 3.26. The van der Waals surface area contributed by atoms with Crippen LogP contribution in [0.1, 0.15) is 0 Å². The van der Waals surface area contributed by atoms with Gasteiger partial charge in [0.2, 0.25) is 0 Å². The molecule has 0 radical (unpaired) electrons. The van der Waals surface area contributed by atoms with Crippen LogP contribution in [0, 0.1) is 0 Å². The van der Waals surface area contributed by atoms with Crippen molar-refractivity contribution in [3.63, 3.8) is 0 Å². The molecule has 0 aliphatic heterocycles. The quantitative estimate of drug-likeness (QED) is 0.785. The first-order valence-electron chi connectivity index (χ1n) is 6.65. The van der Waals surface area contributed by atoms with Gasteiger partial charge in [-0.05, 0) is 12.1 Å². The maximum atomic E-state index is 5.46. The van der Waals surface area contributed by atoms with E-state index in [1.54, 1.807) is 20.4 Å². The van der Waals surface area contributed by atoms with E-state index >= 15 is 0 Å². The molecule has 0 aliphatic carbocycles. The van der Waals surface area contributed by atoms with Crippen LogP contribution in [0.25, 0.3) is 22.6 Å². The first kappa shape index (κ1) is 15.9. The average Bonchev–Trinajstić information content (AvgIpc) is 3.04. The lowest BCUT2D eigenvalue weighted by molar-refractivity contribution is 0.356. The zero-order valence-corrected chi connectivity index (χ0v) is 13.2. The van der Waals surface area contributed by atoms with Crippen LogP contribution in [0.2, 0.25) is 0 Å². The van der Waals surface area contributed by atoms with Crippen molar-refractivity contribution in [3.8, 4) is 34.1 Å². The van der Waals surface area contributed by atoms with E-state index in [0.29, 0.717) is 11.5 Å². The third-order valence-electron chi connectivity index (χ3n) is 3.32. The molecule has 22 heavy (non-hydrogen) atoms. The van der Waals surface area contributed by atoms with Gasteiger partial charge in [0.25, 0.3) is 0 Å². The molecule has 0 atom stereocenters. The molecular formula is C17H17ClN2O2. The van der Waals surface area contributed by atoms with Crippen LogP contribution in [0.5, 0.6) is 11.5 Å². The van der Waals surface area contributed by atoms with Crippen LogP contribution in [0.3, 0.4) is 0 Å². The number of rotatable bonds is 4. The van der Waals surface area contributed by atoms with E-state index in [9.17, 15) is 0 Å². The molecule has 4 nitrogen and oxygen atoms in total. The molecule has 1 aromatic heterocycles. The molecule has 0 saturated carbocycles. The topological polar surface area (TPSA) is 47.1 Å². The number of imidazole rings is 1. The summed E-state index contributed by atoms with van der Waals surface area (Å²) in [4.78, 5) is 7.77. The predicted molar refractivity (Wildman–Crippen MR) is 89.8 cm³/mol. The summed E-state index contributed by atoms with van der Waals surface area (Å²) in [6.45, 7) is 0. The Hall–Kier alpha value is -2.46. The number of aromatic amines is 1. The highest BCUT2D eigenvalue weighted by Crippen LogP contribution is 2.37. The van der Waals surface area contributed by atoms with Crippen molar-refractivity contribution in [1.82, 2.24) is 9.97 Å². The number of nitrogens with one attached hydrogen (secondary N) is 1. The monoisotopic (exact) mass is 316 g/mol. The Morgan fingerprint density at radius 2 is 1.68 bits per heavy atom. The van der Waals surface area contributed by atoms with Crippen LogP contribution in [0.4, 0.5) is 0 Å². The summed E-state index contributed by atoms with van der Waals surface area (Å²) in [6, 6.07) is 15.8. The summed E-state index contributed by atoms with van der Waals surface area (Å²) in [5.74, 6) is 2.23. The predicted octanol–water partition coefficient (Wildman–Crippen LogP) is 4.18. The van der Waals surface area contributed by atoms with E-state index in [0.717, 1.165) is 22.6 Å². The molecule has 114 valence electrons. The summed E-state index contributed by atoms with van der Waals surface area (Å²) in [5, 5.41) is 0. The van der Waals surface area contributed by atoms with E-state index in [1.807, 2.05) is 48.5 Å². The lowest BCUT2D eigenvalue weighted by atomic mass is 10.1. The standard InChI is InChI=1S/C17H16N2O2.ClH/c1-20-15-10-6-9-13(16(15)21-2)14-11-18-17(19-14)12-7-4-3-5-8-12;/h3-11H,1-2H3,(H,18,19);1H. The Morgan fingerprint density at radius 3 is 2.36 bits per heavy atom.